The fraction of sp³-hybridized carbons (Fsp3) is 0.385. The van der Waals surface area contributed by atoms with Gasteiger partial charge in [-0.15, -0.1) is 0 Å². The second-order valence-electron chi connectivity index (χ2n) is 8.85. The van der Waals surface area contributed by atoms with Gasteiger partial charge in [-0.2, -0.15) is 5.01 Å². The molecule has 35 heavy (non-hydrogen) atoms. The summed E-state index contributed by atoms with van der Waals surface area (Å²) < 4.78 is 0. The molecule has 4 rings (SSSR count). The maximum atomic E-state index is 13.2. The Hall–Kier alpha value is -3.72. The van der Waals surface area contributed by atoms with E-state index in [0.717, 1.165) is 11.4 Å². The van der Waals surface area contributed by atoms with Crippen LogP contribution in [0.25, 0.3) is 0 Å². The van der Waals surface area contributed by atoms with Crippen LogP contribution in [0.15, 0.2) is 54.6 Å². The number of amides is 5. The van der Waals surface area contributed by atoms with Crippen molar-refractivity contribution >= 4 is 23.8 Å². The third-order valence-corrected chi connectivity index (χ3v) is 6.76. The summed E-state index contributed by atoms with van der Waals surface area (Å²) in [6, 6.07) is 16.0. The Balaban J connectivity index is 1.31. The molecular weight excluding hydrogens is 446 g/mol. The van der Waals surface area contributed by atoms with Gasteiger partial charge in [-0.1, -0.05) is 56.3 Å². The van der Waals surface area contributed by atoms with Crippen molar-refractivity contribution in [3.8, 4) is 0 Å². The highest BCUT2D eigenvalue weighted by atomic mass is 16.2. The van der Waals surface area contributed by atoms with Crippen LogP contribution in [0.3, 0.4) is 0 Å². The summed E-state index contributed by atoms with van der Waals surface area (Å²) in [5, 5.41) is 3.52. The van der Waals surface area contributed by atoms with Crippen LogP contribution < -0.4 is 10.7 Å². The van der Waals surface area contributed by atoms with Crippen LogP contribution in [0, 0.1) is 0 Å². The van der Waals surface area contributed by atoms with Crippen molar-refractivity contribution in [3.05, 3.63) is 71.3 Å². The van der Waals surface area contributed by atoms with Crippen LogP contribution in [-0.4, -0.2) is 71.3 Å². The Morgan fingerprint density at radius 1 is 0.943 bits per heavy atom. The molecule has 2 aromatic rings. The average Bonchev–Trinajstić information content (AvgIpc) is 3.14. The molecule has 2 N–H and O–H groups in total. The topological polar surface area (TPSA) is 102 Å². The van der Waals surface area contributed by atoms with Crippen molar-refractivity contribution in [2.24, 2.45) is 0 Å². The zero-order valence-corrected chi connectivity index (χ0v) is 20.1. The van der Waals surface area contributed by atoms with Crippen LogP contribution in [-0.2, 0) is 21.5 Å². The minimum atomic E-state index is -1.20. The second kappa shape index (κ2) is 10.3. The lowest BCUT2D eigenvalue weighted by molar-refractivity contribution is -0.140. The maximum absolute atomic E-state index is 13.2. The summed E-state index contributed by atoms with van der Waals surface area (Å²) in [4.78, 5) is 54.9. The Morgan fingerprint density at radius 3 is 2.20 bits per heavy atom. The van der Waals surface area contributed by atoms with Gasteiger partial charge in [-0.25, -0.2) is 4.79 Å². The van der Waals surface area contributed by atoms with E-state index in [2.05, 4.69) is 17.7 Å². The molecule has 0 bridgehead atoms. The summed E-state index contributed by atoms with van der Waals surface area (Å²) in [6.45, 7) is 5.95. The van der Waals surface area contributed by atoms with Crippen molar-refractivity contribution in [1.29, 1.82) is 0 Å². The number of hydrogen-bond donors (Lipinski definition) is 2. The van der Waals surface area contributed by atoms with Gasteiger partial charge in [0, 0.05) is 31.7 Å². The van der Waals surface area contributed by atoms with Crippen LogP contribution in [0.1, 0.15) is 41.8 Å². The number of imide groups is 1. The molecule has 0 aromatic heterocycles. The molecule has 5 amide bonds. The lowest BCUT2D eigenvalue weighted by atomic mass is 9.87. The van der Waals surface area contributed by atoms with Crippen molar-refractivity contribution in [2.75, 3.05) is 32.7 Å². The standard InChI is InChI=1S/C26H31N5O4/c1-3-19-10-12-20(13-11-19)23(33)30-16-14-29(15-17-30)18-22(32)28-31-24(34)26(4-2,27-25(31)35)21-8-6-5-7-9-21/h5-13H,3-4,14-18H2,1-2H3,(H,27,35)(H,28,32). The largest absolute Gasteiger partial charge is 0.344 e. The minimum Gasteiger partial charge on any atom is -0.336 e. The van der Waals surface area contributed by atoms with E-state index in [4.69, 9.17) is 0 Å². The van der Waals surface area contributed by atoms with E-state index in [0.29, 0.717) is 43.7 Å². The van der Waals surface area contributed by atoms with Crippen molar-refractivity contribution in [2.45, 2.75) is 32.2 Å². The van der Waals surface area contributed by atoms with Gasteiger partial charge in [0.2, 0.25) is 0 Å². The number of carbonyl (C=O) groups is 4. The Bertz CT molecular complexity index is 1100. The lowest BCUT2D eigenvalue weighted by Gasteiger charge is -2.34. The van der Waals surface area contributed by atoms with Crippen LogP contribution in [0.2, 0.25) is 0 Å². The third-order valence-electron chi connectivity index (χ3n) is 6.76. The number of urea groups is 1. The number of piperazine rings is 1. The molecule has 1 atom stereocenters. The van der Waals surface area contributed by atoms with Gasteiger partial charge < -0.3 is 10.2 Å². The van der Waals surface area contributed by atoms with Crippen LogP contribution in [0.5, 0.6) is 0 Å². The second-order valence-corrected chi connectivity index (χ2v) is 8.85. The molecule has 2 aromatic carbocycles. The number of nitrogens with one attached hydrogen (secondary N) is 2. The summed E-state index contributed by atoms with van der Waals surface area (Å²) in [6.07, 6.45) is 1.27. The first-order chi connectivity index (χ1) is 16.9. The molecule has 2 heterocycles. The molecule has 0 aliphatic carbocycles. The monoisotopic (exact) mass is 477 g/mol. The van der Waals surface area contributed by atoms with E-state index in [-0.39, 0.29) is 12.5 Å². The molecule has 9 heteroatoms. The number of benzene rings is 2. The van der Waals surface area contributed by atoms with Crippen molar-refractivity contribution in [1.82, 2.24) is 25.6 Å². The number of aryl methyl sites for hydroxylation is 1. The Morgan fingerprint density at radius 2 is 1.60 bits per heavy atom. The van der Waals surface area contributed by atoms with Crippen LogP contribution >= 0.6 is 0 Å². The average molecular weight is 478 g/mol. The maximum Gasteiger partial charge on any atom is 0.344 e. The van der Waals surface area contributed by atoms with E-state index in [9.17, 15) is 19.2 Å². The van der Waals surface area contributed by atoms with E-state index < -0.39 is 23.4 Å². The molecule has 2 aliphatic rings. The summed E-state index contributed by atoms with van der Waals surface area (Å²) in [7, 11) is 0. The highest BCUT2D eigenvalue weighted by molar-refractivity contribution is 6.08. The van der Waals surface area contributed by atoms with Crippen molar-refractivity contribution in [3.63, 3.8) is 0 Å². The third kappa shape index (κ3) is 4.90. The van der Waals surface area contributed by atoms with Gasteiger partial charge in [-0.05, 0) is 36.1 Å². The fourth-order valence-electron chi connectivity index (χ4n) is 4.58. The van der Waals surface area contributed by atoms with E-state index in [1.807, 2.05) is 42.2 Å². The van der Waals surface area contributed by atoms with Gasteiger partial charge in [0.25, 0.3) is 17.7 Å². The van der Waals surface area contributed by atoms with Gasteiger partial charge in [0.05, 0.1) is 6.54 Å². The molecule has 2 aliphatic heterocycles. The van der Waals surface area contributed by atoms with E-state index in [1.165, 1.54) is 5.56 Å². The highest BCUT2D eigenvalue weighted by Crippen LogP contribution is 2.31. The first kappa shape index (κ1) is 24.4. The molecule has 1 unspecified atom stereocenters. The molecule has 0 saturated carbocycles. The fourth-order valence-corrected chi connectivity index (χ4v) is 4.58. The van der Waals surface area contributed by atoms with Gasteiger partial charge in [0.15, 0.2) is 0 Å². The van der Waals surface area contributed by atoms with E-state index in [1.54, 1.807) is 29.2 Å². The molecule has 2 fully saturated rings. The molecule has 184 valence electrons. The summed E-state index contributed by atoms with van der Waals surface area (Å²) in [5.41, 5.74) is 3.77. The van der Waals surface area contributed by atoms with Gasteiger partial charge >= 0.3 is 6.03 Å². The lowest BCUT2D eigenvalue weighted by Crippen LogP contribution is -2.54. The number of hydrogen-bond acceptors (Lipinski definition) is 5. The predicted molar refractivity (Wildman–Crippen MR) is 130 cm³/mol. The van der Waals surface area contributed by atoms with E-state index >= 15 is 0 Å². The Labute approximate surface area is 205 Å². The smallest absolute Gasteiger partial charge is 0.336 e. The minimum absolute atomic E-state index is 0.0205. The molecule has 0 radical (unpaired) electrons. The van der Waals surface area contributed by atoms with Gasteiger partial charge in [-0.3, -0.25) is 24.7 Å². The highest BCUT2D eigenvalue weighted by Gasteiger charge is 2.52. The number of nitrogens with zero attached hydrogens (tertiary/aromatic N) is 3. The quantitative estimate of drug-likeness (QED) is 0.593. The molecule has 9 nitrogen and oxygen atoms in total. The first-order valence-electron chi connectivity index (χ1n) is 12.0. The Kier molecular flexibility index (Phi) is 7.16. The normalized spacial score (nSPS) is 20.6. The number of carbonyl (C=O) groups excluding carboxylic acids is 4. The van der Waals surface area contributed by atoms with Gasteiger partial charge in [0.1, 0.15) is 5.54 Å². The number of hydrazine groups is 1. The first-order valence-corrected chi connectivity index (χ1v) is 12.0. The number of rotatable bonds is 7. The zero-order valence-electron chi connectivity index (χ0n) is 20.1. The molecule has 2 saturated heterocycles. The predicted octanol–water partition coefficient (Wildman–Crippen LogP) is 1.90. The summed E-state index contributed by atoms with van der Waals surface area (Å²) >= 11 is 0. The SMILES string of the molecule is CCc1ccc(C(=O)N2CCN(CC(=O)NN3C(=O)NC(CC)(c4ccccc4)C3=O)CC2)cc1. The molecule has 0 spiro atoms. The zero-order chi connectivity index (χ0) is 25.0. The molecular formula is C26H31N5O4. The summed E-state index contributed by atoms with van der Waals surface area (Å²) in [5.74, 6) is -0.981. The van der Waals surface area contributed by atoms with Crippen molar-refractivity contribution < 1.29 is 19.2 Å². The van der Waals surface area contributed by atoms with Crippen LogP contribution in [0.4, 0.5) is 4.79 Å².